The molecule has 0 saturated heterocycles. The largest absolute Gasteiger partial charge is 1.00 e. The van der Waals surface area contributed by atoms with E-state index in [-0.39, 0.29) is 31.0 Å². The van der Waals surface area contributed by atoms with Gasteiger partial charge >= 0.3 is 29.6 Å². The molecule has 0 atom stereocenters. The molecule has 1 N–H and O–H groups in total. The van der Waals surface area contributed by atoms with E-state index in [1.165, 1.54) is 0 Å². The first-order valence-corrected chi connectivity index (χ1v) is 2.91. The SMILES string of the molecule is CS(=O)(=O)OO.[H-].[Na+]. The Labute approximate surface area is 65.3 Å². The fraction of sp³-hybridized carbons (Fsp3) is 1.00. The van der Waals surface area contributed by atoms with Crippen LogP contribution in [0.25, 0.3) is 0 Å². The molecule has 0 aliphatic carbocycles. The zero-order chi connectivity index (χ0) is 5.21. The Morgan fingerprint density at radius 3 is 1.86 bits per heavy atom. The molecular weight excluding hydrogens is 131 g/mol. The maximum absolute atomic E-state index is 9.53. The van der Waals surface area contributed by atoms with Crippen molar-refractivity contribution in [3.05, 3.63) is 0 Å². The van der Waals surface area contributed by atoms with E-state index in [2.05, 4.69) is 4.33 Å². The maximum Gasteiger partial charge on any atom is 1.00 e. The summed E-state index contributed by atoms with van der Waals surface area (Å²) in [7, 11) is -3.61. The summed E-state index contributed by atoms with van der Waals surface area (Å²) >= 11 is 0. The minimum absolute atomic E-state index is 0. The summed E-state index contributed by atoms with van der Waals surface area (Å²) in [4.78, 5) is 0. The van der Waals surface area contributed by atoms with Gasteiger partial charge in [-0.1, -0.05) is 0 Å². The van der Waals surface area contributed by atoms with Gasteiger partial charge in [0.05, 0.1) is 6.26 Å². The molecule has 7 heavy (non-hydrogen) atoms. The predicted octanol–water partition coefficient (Wildman–Crippen LogP) is -3.45. The van der Waals surface area contributed by atoms with Gasteiger partial charge in [-0.3, -0.25) is 0 Å². The van der Waals surface area contributed by atoms with Gasteiger partial charge in [0.1, 0.15) is 0 Å². The smallest absolute Gasteiger partial charge is 1.00 e. The zero-order valence-corrected chi connectivity index (χ0v) is 6.90. The Kier molecular flexibility index (Phi) is 5.89. The second-order valence-corrected chi connectivity index (χ2v) is 2.34. The van der Waals surface area contributed by atoms with E-state index < -0.39 is 10.1 Å². The molecule has 0 aromatic carbocycles. The van der Waals surface area contributed by atoms with Crippen molar-refractivity contribution >= 4 is 10.1 Å². The van der Waals surface area contributed by atoms with Gasteiger partial charge in [0.15, 0.2) is 0 Å². The topological polar surface area (TPSA) is 63.6 Å². The molecule has 0 aromatic heterocycles. The average Bonchev–Trinajstić information content (AvgIpc) is 1.35. The molecule has 0 fully saturated rings. The van der Waals surface area contributed by atoms with Gasteiger partial charge in [0, 0.05) is 0 Å². The molecule has 0 amide bonds. The molecule has 40 valence electrons. The van der Waals surface area contributed by atoms with Crippen molar-refractivity contribution < 1.29 is 49.0 Å². The van der Waals surface area contributed by atoms with Crippen molar-refractivity contribution in [3.63, 3.8) is 0 Å². The molecule has 0 heterocycles. The van der Waals surface area contributed by atoms with Crippen molar-refractivity contribution in [1.82, 2.24) is 0 Å². The molecule has 0 aliphatic heterocycles. The number of rotatable bonds is 1. The minimum Gasteiger partial charge on any atom is -1.00 e. The molecule has 0 aliphatic rings. The number of hydrogen-bond acceptors (Lipinski definition) is 4. The van der Waals surface area contributed by atoms with Gasteiger partial charge in [-0.2, -0.15) is 8.42 Å². The van der Waals surface area contributed by atoms with Crippen LogP contribution in [0, 0.1) is 0 Å². The fourth-order valence-corrected chi connectivity index (χ4v) is 0. The van der Waals surface area contributed by atoms with Crippen LogP contribution in [0.2, 0.25) is 0 Å². The van der Waals surface area contributed by atoms with Crippen LogP contribution < -0.4 is 29.6 Å². The van der Waals surface area contributed by atoms with Crippen LogP contribution in [0.4, 0.5) is 0 Å². The van der Waals surface area contributed by atoms with E-state index in [1.54, 1.807) is 0 Å². The summed E-state index contributed by atoms with van der Waals surface area (Å²) in [5, 5.41) is 7.31. The number of hydrogen-bond donors (Lipinski definition) is 1. The summed E-state index contributed by atoms with van der Waals surface area (Å²) < 4.78 is 22.0. The van der Waals surface area contributed by atoms with Crippen molar-refractivity contribution in [1.29, 1.82) is 0 Å². The minimum atomic E-state index is -3.61. The van der Waals surface area contributed by atoms with E-state index in [0.29, 0.717) is 0 Å². The van der Waals surface area contributed by atoms with Crippen LogP contribution in [-0.2, 0) is 14.5 Å². The molecule has 0 rings (SSSR count). The summed E-state index contributed by atoms with van der Waals surface area (Å²) in [6.45, 7) is 0. The van der Waals surface area contributed by atoms with Crippen molar-refractivity contribution in [2.45, 2.75) is 0 Å². The Hall–Kier alpha value is 0.870. The normalized spacial score (nSPS) is 10.0. The van der Waals surface area contributed by atoms with Crippen molar-refractivity contribution in [3.8, 4) is 0 Å². The van der Waals surface area contributed by atoms with Gasteiger partial charge in [-0.05, 0) is 0 Å². The first-order valence-electron chi connectivity index (χ1n) is 1.09. The third-order valence-corrected chi connectivity index (χ3v) is 0.406. The van der Waals surface area contributed by atoms with E-state index >= 15 is 0 Å². The molecule has 0 saturated carbocycles. The van der Waals surface area contributed by atoms with E-state index in [4.69, 9.17) is 5.26 Å². The predicted molar refractivity (Wildman–Crippen MR) is 19.7 cm³/mol. The Bertz CT molecular complexity index is 118. The molecule has 0 unspecified atom stereocenters. The Morgan fingerprint density at radius 2 is 1.86 bits per heavy atom. The fourth-order valence-electron chi connectivity index (χ4n) is 0. The second kappa shape index (κ2) is 3.82. The van der Waals surface area contributed by atoms with Gasteiger partial charge < -0.3 is 1.43 Å². The Balaban J connectivity index is -0.000000125. The Morgan fingerprint density at radius 1 is 1.71 bits per heavy atom. The summed E-state index contributed by atoms with van der Waals surface area (Å²) in [6.07, 6.45) is 0.743. The third kappa shape index (κ3) is 10.9. The monoisotopic (exact) mass is 136 g/mol. The van der Waals surface area contributed by atoms with Gasteiger partial charge in [0.2, 0.25) is 0 Å². The van der Waals surface area contributed by atoms with Gasteiger partial charge in [-0.15, -0.1) is 4.33 Å². The standard InChI is InChI=1S/CH4O4S.Na.H/c1-6(3,4)5-2;;/h2H,1H3;;/q;+1;-1. The van der Waals surface area contributed by atoms with E-state index in [9.17, 15) is 8.42 Å². The molecular formula is CH5NaO4S. The average molecular weight is 136 g/mol. The first-order chi connectivity index (χ1) is 2.56. The maximum atomic E-state index is 9.53. The zero-order valence-electron chi connectivity index (χ0n) is 5.08. The van der Waals surface area contributed by atoms with Crippen molar-refractivity contribution in [2.75, 3.05) is 6.26 Å². The quantitative estimate of drug-likeness (QED) is 0.231. The van der Waals surface area contributed by atoms with Crippen LogP contribution in [0.1, 0.15) is 1.43 Å². The van der Waals surface area contributed by atoms with Crippen LogP contribution in [-0.4, -0.2) is 19.9 Å². The van der Waals surface area contributed by atoms with Crippen LogP contribution >= 0.6 is 0 Å². The summed E-state index contributed by atoms with van der Waals surface area (Å²) in [5.41, 5.74) is 0. The molecule has 0 spiro atoms. The van der Waals surface area contributed by atoms with Crippen LogP contribution in [0.3, 0.4) is 0 Å². The summed E-state index contributed by atoms with van der Waals surface area (Å²) in [5.74, 6) is 0. The van der Waals surface area contributed by atoms with Crippen molar-refractivity contribution in [2.24, 2.45) is 0 Å². The van der Waals surface area contributed by atoms with E-state index in [0.717, 1.165) is 6.26 Å². The van der Waals surface area contributed by atoms with Crippen LogP contribution in [0.5, 0.6) is 0 Å². The van der Waals surface area contributed by atoms with Gasteiger partial charge in [-0.25, -0.2) is 5.26 Å². The molecule has 0 bridgehead atoms. The third-order valence-electron chi connectivity index (χ3n) is 0.135. The molecule has 4 nitrogen and oxygen atoms in total. The molecule has 0 aromatic rings. The van der Waals surface area contributed by atoms with Crippen LogP contribution in [0.15, 0.2) is 0 Å². The van der Waals surface area contributed by atoms with Gasteiger partial charge in [0.25, 0.3) is 10.1 Å². The first kappa shape index (κ1) is 10.8. The summed E-state index contributed by atoms with van der Waals surface area (Å²) in [6, 6.07) is 0. The molecule has 6 heteroatoms. The van der Waals surface area contributed by atoms with E-state index in [1.807, 2.05) is 0 Å². The second-order valence-electron chi connectivity index (χ2n) is 0.779. The molecule has 0 radical (unpaired) electrons.